The SMILES string of the molecule is N#Cc1ccc(C2(CC3c4ccccc4Sc4ccccc43)NC(=O)NC2=O)cc1. The van der Waals surface area contributed by atoms with Crippen LogP contribution in [0.3, 0.4) is 0 Å². The Balaban J connectivity index is 1.65. The van der Waals surface area contributed by atoms with E-state index in [-0.39, 0.29) is 11.8 Å². The molecule has 2 N–H and O–H groups in total. The second-order valence-electron chi connectivity index (χ2n) is 7.44. The Morgan fingerprint density at radius 1 is 0.900 bits per heavy atom. The minimum absolute atomic E-state index is 0.0709. The fraction of sp³-hybridized carbons (Fsp3) is 0.125. The molecule has 0 radical (unpaired) electrons. The molecule has 6 heteroatoms. The molecule has 3 amide bonds. The number of hydrogen-bond donors (Lipinski definition) is 2. The van der Waals surface area contributed by atoms with E-state index in [2.05, 4.69) is 41.0 Å². The van der Waals surface area contributed by atoms with Gasteiger partial charge in [-0.25, -0.2) is 4.79 Å². The molecule has 2 aliphatic heterocycles. The predicted molar refractivity (Wildman–Crippen MR) is 113 cm³/mol. The molecule has 0 aliphatic carbocycles. The van der Waals surface area contributed by atoms with Gasteiger partial charge in [0.15, 0.2) is 0 Å². The summed E-state index contributed by atoms with van der Waals surface area (Å²) in [6.07, 6.45) is 0.380. The van der Waals surface area contributed by atoms with Crippen molar-refractivity contribution in [3.63, 3.8) is 0 Å². The van der Waals surface area contributed by atoms with Gasteiger partial charge in [0, 0.05) is 15.7 Å². The van der Waals surface area contributed by atoms with Crippen molar-refractivity contribution in [3.05, 3.63) is 95.1 Å². The van der Waals surface area contributed by atoms with Crippen molar-refractivity contribution in [1.82, 2.24) is 10.6 Å². The van der Waals surface area contributed by atoms with Crippen LogP contribution in [-0.4, -0.2) is 11.9 Å². The van der Waals surface area contributed by atoms with E-state index in [0.29, 0.717) is 17.5 Å². The lowest BCUT2D eigenvalue weighted by Gasteiger charge is -2.35. The smallest absolute Gasteiger partial charge is 0.319 e. The van der Waals surface area contributed by atoms with Gasteiger partial charge in [0.25, 0.3) is 5.91 Å². The van der Waals surface area contributed by atoms with Crippen molar-refractivity contribution in [2.75, 3.05) is 0 Å². The van der Waals surface area contributed by atoms with Crippen molar-refractivity contribution in [3.8, 4) is 6.07 Å². The highest BCUT2D eigenvalue weighted by Gasteiger charge is 2.50. The van der Waals surface area contributed by atoms with Gasteiger partial charge in [0.1, 0.15) is 5.54 Å². The molecule has 1 atom stereocenters. The first-order valence-corrected chi connectivity index (χ1v) is 10.4. The number of nitriles is 1. The highest BCUT2D eigenvalue weighted by atomic mass is 32.2. The summed E-state index contributed by atoms with van der Waals surface area (Å²) in [5.41, 5.74) is 2.24. The van der Waals surface area contributed by atoms with Crippen molar-refractivity contribution in [2.45, 2.75) is 27.7 Å². The topological polar surface area (TPSA) is 82.0 Å². The molecule has 2 heterocycles. The van der Waals surface area contributed by atoms with E-state index in [9.17, 15) is 9.59 Å². The Morgan fingerprint density at radius 2 is 1.50 bits per heavy atom. The van der Waals surface area contributed by atoms with Gasteiger partial charge >= 0.3 is 6.03 Å². The van der Waals surface area contributed by atoms with Crippen LogP contribution in [-0.2, 0) is 10.3 Å². The summed E-state index contributed by atoms with van der Waals surface area (Å²) in [4.78, 5) is 27.6. The van der Waals surface area contributed by atoms with E-state index in [1.54, 1.807) is 36.0 Å². The second kappa shape index (κ2) is 7.05. The quantitative estimate of drug-likeness (QED) is 0.630. The average molecular weight is 411 g/mol. The van der Waals surface area contributed by atoms with Crippen molar-refractivity contribution < 1.29 is 9.59 Å². The van der Waals surface area contributed by atoms with E-state index in [4.69, 9.17) is 5.26 Å². The number of nitrogens with zero attached hydrogens (tertiary/aromatic N) is 1. The van der Waals surface area contributed by atoms with Gasteiger partial charge in [-0.1, -0.05) is 60.3 Å². The Hall–Kier alpha value is -3.56. The van der Waals surface area contributed by atoms with Crippen LogP contribution in [0.25, 0.3) is 0 Å². The zero-order chi connectivity index (χ0) is 20.7. The van der Waals surface area contributed by atoms with E-state index in [1.165, 1.54) is 0 Å². The van der Waals surface area contributed by atoms with Gasteiger partial charge in [-0.15, -0.1) is 0 Å². The van der Waals surface area contributed by atoms with Crippen LogP contribution >= 0.6 is 11.8 Å². The van der Waals surface area contributed by atoms with Crippen molar-refractivity contribution in [1.29, 1.82) is 5.26 Å². The molecule has 3 aromatic rings. The van der Waals surface area contributed by atoms with Gasteiger partial charge in [0.2, 0.25) is 0 Å². The molecule has 1 saturated heterocycles. The standard InChI is InChI=1S/C24H17N3O2S/c25-14-15-9-11-16(12-10-15)24(22(28)26-23(29)27-24)13-19-17-5-1-3-7-20(17)30-21-8-4-2-6-18(19)21/h1-12,19H,13H2,(H2,26,27,28,29). The number of hydrogen-bond acceptors (Lipinski definition) is 4. The first-order valence-electron chi connectivity index (χ1n) is 9.61. The minimum Gasteiger partial charge on any atom is -0.319 e. The van der Waals surface area contributed by atoms with Crippen LogP contribution in [0.2, 0.25) is 0 Å². The first-order chi connectivity index (χ1) is 14.6. The molecule has 2 aliphatic rings. The summed E-state index contributed by atoms with van der Waals surface area (Å²) < 4.78 is 0. The van der Waals surface area contributed by atoms with Gasteiger partial charge in [-0.05, 0) is 47.4 Å². The monoisotopic (exact) mass is 411 g/mol. The van der Waals surface area contributed by atoms with Crippen LogP contribution in [0.5, 0.6) is 0 Å². The summed E-state index contributed by atoms with van der Waals surface area (Å²) in [6.45, 7) is 0. The number of carbonyl (C=O) groups is 2. The maximum absolute atomic E-state index is 13.1. The third kappa shape index (κ3) is 2.87. The van der Waals surface area contributed by atoms with Gasteiger partial charge in [-0.2, -0.15) is 5.26 Å². The van der Waals surface area contributed by atoms with Crippen LogP contribution in [0, 0.1) is 11.3 Å². The molecule has 0 aromatic heterocycles. The number of rotatable bonds is 3. The molecule has 5 rings (SSSR count). The molecular weight excluding hydrogens is 394 g/mol. The van der Waals surface area contributed by atoms with E-state index >= 15 is 0 Å². The van der Waals surface area contributed by atoms with Crippen LogP contribution in [0.15, 0.2) is 82.6 Å². The molecule has 0 spiro atoms. The van der Waals surface area contributed by atoms with Crippen LogP contribution < -0.4 is 10.6 Å². The van der Waals surface area contributed by atoms with E-state index in [0.717, 1.165) is 20.9 Å². The molecule has 146 valence electrons. The number of carbonyl (C=O) groups excluding carboxylic acids is 2. The fourth-order valence-corrected chi connectivity index (χ4v) is 5.51. The molecule has 1 unspecified atom stereocenters. The summed E-state index contributed by atoms with van der Waals surface area (Å²) in [6, 6.07) is 24.8. The Kier molecular flexibility index (Phi) is 4.34. The van der Waals surface area contributed by atoms with Crippen LogP contribution in [0.4, 0.5) is 4.79 Å². The number of benzene rings is 3. The zero-order valence-corrected chi connectivity index (χ0v) is 16.7. The summed E-state index contributed by atoms with van der Waals surface area (Å²) in [5.74, 6) is -0.441. The summed E-state index contributed by atoms with van der Waals surface area (Å²) in [7, 11) is 0. The molecule has 0 bridgehead atoms. The van der Waals surface area contributed by atoms with E-state index < -0.39 is 11.6 Å². The Labute approximate surface area is 178 Å². The lowest BCUT2D eigenvalue weighted by atomic mass is 9.76. The first kappa shape index (κ1) is 18.5. The zero-order valence-electron chi connectivity index (χ0n) is 15.9. The molecular formula is C24H17N3O2S. The van der Waals surface area contributed by atoms with E-state index in [1.807, 2.05) is 24.3 Å². The molecule has 30 heavy (non-hydrogen) atoms. The third-order valence-corrected chi connectivity index (χ3v) is 6.95. The molecule has 3 aromatic carbocycles. The molecule has 0 saturated carbocycles. The maximum atomic E-state index is 13.1. The Bertz CT molecular complexity index is 1170. The highest BCUT2D eigenvalue weighted by Crippen LogP contribution is 2.50. The highest BCUT2D eigenvalue weighted by molar-refractivity contribution is 7.99. The number of nitrogens with one attached hydrogen (secondary N) is 2. The fourth-order valence-electron chi connectivity index (χ4n) is 4.32. The normalized spacial score (nSPS) is 20.0. The molecule has 5 nitrogen and oxygen atoms in total. The van der Waals surface area contributed by atoms with Gasteiger partial charge in [-0.3, -0.25) is 10.1 Å². The van der Waals surface area contributed by atoms with Gasteiger partial charge in [0.05, 0.1) is 11.6 Å². The average Bonchev–Trinajstić information content (AvgIpc) is 3.07. The van der Waals surface area contributed by atoms with Crippen molar-refractivity contribution >= 4 is 23.7 Å². The number of fused-ring (bicyclic) bond motifs is 2. The lowest BCUT2D eigenvalue weighted by molar-refractivity contribution is -0.124. The van der Waals surface area contributed by atoms with Crippen LogP contribution in [0.1, 0.15) is 34.6 Å². The lowest BCUT2D eigenvalue weighted by Crippen LogP contribution is -2.45. The van der Waals surface area contributed by atoms with Crippen molar-refractivity contribution in [2.24, 2.45) is 0 Å². The number of urea groups is 1. The third-order valence-electron chi connectivity index (χ3n) is 5.77. The number of imide groups is 1. The largest absolute Gasteiger partial charge is 0.322 e. The Morgan fingerprint density at radius 3 is 2.03 bits per heavy atom. The summed E-state index contributed by atoms with van der Waals surface area (Å²) >= 11 is 1.72. The maximum Gasteiger partial charge on any atom is 0.322 e. The minimum atomic E-state index is -1.21. The predicted octanol–water partition coefficient (Wildman–Crippen LogP) is 4.28. The van der Waals surface area contributed by atoms with Gasteiger partial charge < -0.3 is 5.32 Å². The summed E-state index contributed by atoms with van der Waals surface area (Å²) in [5, 5.41) is 14.4. The second-order valence-corrected chi connectivity index (χ2v) is 8.52. The number of amides is 3. The molecule has 1 fully saturated rings.